The average molecular weight is 180 g/mol. The Bertz CT molecular complexity index is 207. The lowest BCUT2D eigenvalue weighted by molar-refractivity contribution is 0.119. The molecule has 1 saturated carbocycles. The minimum absolute atomic E-state index is 0.111. The van der Waals surface area contributed by atoms with Crippen LogP contribution in [0.25, 0.3) is 0 Å². The van der Waals surface area contributed by atoms with Crippen molar-refractivity contribution in [1.29, 1.82) is 0 Å². The minimum atomic E-state index is -0.111. The maximum atomic E-state index is 10.2. The van der Waals surface area contributed by atoms with Crippen LogP contribution in [0.5, 0.6) is 0 Å². The summed E-state index contributed by atoms with van der Waals surface area (Å²) in [6.45, 7) is 2.29. The maximum absolute atomic E-state index is 10.2. The Hall–Kier alpha value is -0.300. The van der Waals surface area contributed by atoms with Crippen LogP contribution < -0.4 is 0 Å². The smallest absolute Gasteiger partial charge is 0.0780 e. The number of hydrogen-bond acceptors (Lipinski definition) is 1. The second-order valence-corrected chi connectivity index (χ2v) is 4.69. The van der Waals surface area contributed by atoms with Crippen molar-refractivity contribution in [3.63, 3.8) is 0 Å². The third-order valence-corrected chi connectivity index (χ3v) is 3.79. The molecule has 0 aromatic carbocycles. The van der Waals surface area contributed by atoms with E-state index in [-0.39, 0.29) is 6.10 Å². The third kappa shape index (κ3) is 1.80. The standard InChI is InChI=1S/C12H20O/c1-9-5-4-8-11(9)12(13)10-6-2-3-7-10/h6,9,11-13H,2-5,7-8H2,1H3. The molecule has 1 N–H and O–H groups in total. The first kappa shape index (κ1) is 9.26. The quantitative estimate of drug-likeness (QED) is 0.648. The molecular weight excluding hydrogens is 160 g/mol. The van der Waals surface area contributed by atoms with E-state index in [1.54, 1.807) is 0 Å². The molecule has 0 saturated heterocycles. The van der Waals surface area contributed by atoms with E-state index in [2.05, 4.69) is 13.0 Å². The molecular formula is C12H20O. The van der Waals surface area contributed by atoms with Crippen molar-refractivity contribution in [3.05, 3.63) is 11.6 Å². The Kier molecular flexibility index (Phi) is 2.73. The van der Waals surface area contributed by atoms with E-state index in [9.17, 15) is 5.11 Å². The monoisotopic (exact) mass is 180 g/mol. The molecule has 3 atom stereocenters. The highest BCUT2D eigenvalue weighted by Crippen LogP contribution is 2.38. The first-order valence-corrected chi connectivity index (χ1v) is 5.66. The molecule has 0 spiro atoms. The van der Waals surface area contributed by atoms with Gasteiger partial charge >= 0.3 is 0 Å². The summed E-state index contributed by atoms with van der Waals surface area (Å²) in [5.41, 5.74) is 1.33. The van der Waals surface area contributed by atoms with Crippen LogP contribution in [-0.2, 0) is 0 Å². The number of aliphatic hydroxyl groups excluding tert-OH is 1. The molecule has 0 aromatic heterocycles. The molecule has 0 radical (unpaired) electrons. The highest BCUT2D eigenvalue weighted by atomic mass is 16.3. The lowest BCUT2D eigenvalue weighted by Gasteiger charge is -2.23. The van der Waals surface area contributed by atoms with E-state index in [1.807, 2.05) is 0 Å². The maximum Gasteiger partial charge on any atom is 0.0780 e. The molecule has 2 rings (SSSR count). The van der Waals surface area contributed by atoms with Gasteiger partial charge in [-0.15, -0.1) is 0 Å². The fraction of sp³-hybridized carbons (Fsp3) is 0.833. The van der Waals surface area contributed by atoms with Crippen LogP contribution in [-0.4, -0.2) is 11.2 Å². The summed E-state index contributed by atoms with van der Waals surface area (Å²) in [7, 11) is 0. The molecule has 1 heteroatoms. The van der Waals surface area contributed by atoms with Crippen LogP contribution in [0, 0.1) is 11.8 Å². The number of rotatable bonds is 2. The van der Waals surface area contributed by atoms with Gasteiger partial charge in [0.1, 0.15) is 0 Å². The summed E-state index contributed by atoms with van der Waals surface area (Å²) >= 11 is 0. The van der Waals surface area contributed by atoms with Crippen molar-refractivity contribution >= 4 is 0 Å². The lowest BCUT2D eigenvalue weighted by atomic mass is 9.88. The molecule has 13 heavy (non-hydrogen) atoms. The molecule has 3 unspecified atom stereocenters. The summed E-state index contributed by atoms with van der Waals surface area (Å²) in [5, 5.41) is 10.2. The van der Waals surface area contributed by atoms with Crippen LogP contribution in [0.1, 0.15) is 45.4 Å². The largest absolute Gasteiger partial charge is 0.388 e. The fourth-order valence-electron chi connectivity index (χ4n) is 2.88. The van der Waals surface area contributed by atoms with Crippen LogP contribution in [0.4, 0.5) is 0 Å². The molecule has 1 nitrogen and oxygen atoms in total. The Morgan fingerprint density at radius 2 is 2.23 bits per heavy atom. The highest BCUT2D eigenvalue weighted by Gasteiger charge is 2.31. The zero-order valence-electron chi connectivity index (χ0n) is 8.50. The molecule has 0 amide bonds. The predicted molar refractivity (Wildman–Crippen MR) is 54.4 cm³/mol. The summed E-state index contributed by atoms with van der Waals surface area (Å²) in [5.74, 6) is 1.29. The van der Waals surface area contributed by atoms with Gasteiger partial charge in [-0.3, -0.25) is 0 Å². The molecule has 2 aliphatic carbocycles. The minimum Gasteiger partial charge on any atom is -0.388 e. The van der Waals surface area contributed by atoms with E-state index in [4.69, 9.17) is 0 Å². The summed E-state index contributed by atoms with van der Waals surface area (Å²) < 4.78 is 0. The van der Waals surface area contributed by atoms with Gasteiger partial charge in [0.15, 0.2) is 0 Å². The predicted octanol–water partition coefficient (Wildman–Crippen LogP) is 2.89. The number of allylic oxidation sites excluding steroid dienone is 1. The molecule has 0 aromatic rings. The topological polar surface area (TPSA) is 20.2 Å². The first-order chi connectivity index (χ1) is 6.29. The highest BCUT2D eigenvalue weighted by molar-refractivity contribution is 5.14. The van der Waals surface area contributed by atoms with Crippen molar-refractivity contribution in [1.82, 2.24) is 0 Å². The van der Waals surface area contributed by atoms with Gasteiger partial charge < -0.3 is 5.11 Å². The molecule has 0 bridgehead atoms. The zero-order valence-corrected chi connectivity index (χ0v) is 8.50. The lowest BCUT2D eigenvalue weighted by Crippen LogP contribution is -2.23. The van der Waals surface area contributed by atoms with Crippen molar-refractivity contribution in [2.24, 2.45) is 11.8 Å². The molecule has 2 aliphatic rings. The van der Waals surface area contributed by atoms with Crippen LogP contribution >= 0.6 is 0 Å². The second-order valence-electron chi connectivity index (χ2n) is 4.69. The van der Waals surface area contributed by atoms with E-state index < -0.39 is 0 Å². The van der Waals surface area contributed by atoms with Crippen molar-refractivity contribution < 1.29 is 5.11 Å². The normalized spacial score (nSPS) is 36.3. The van der Waals surface area contributed by atoms with Gasteiger partial charge in [-0.25, -0.2) is 0 Å². The SMILES string of the molecule is CC1CCCC1C(O)C1=CCCC1. The van der Waals surface area contributed by atoms with Crippen LogP contribution in [0.3, 0.4) is 0 Å². The Morgan fingerprint density at radius 3 is 2.77 bits per heavy atom. The molecule has 0 heterocycles. The zero-order chi connectivity index (χ0) is 9.26. The van der Waals surface area contributed by atoms with Crippen molar-refractivity contribution in [2.45, 2.75) is 51.6 Å². The van der Waals surface area contributed by atoms with E-state index in [1.165, 1.54) is 37.7 Å². The molecule has 1 fully saturated rings. The van der Waals surface area contributed by atoms with Crippen molar-refractivity contribution in [3.8, 4) is 0 Å². The average Bonchev–Trinajstić information content (AvgIpc) is 2.72. The Morgan fingerprint density at radius 1 is 1.38 bits per heavy atom. The number of hydrogen-bond donors (Lipinski definition) is 1. The van der Waals surface area contributed by atoms with E-state index in [0.717, 1.165) is 12.3 Å². The van der Waals surface area contributed by atoms with Gasteiger partial charge in [0.25, 0.3) is 0 Å². The van der Waals surface area contributed by atoms with Gasteiger partial charge in [-0.05, 0) is 43.1 Å². The molecule has 0 aliphatic heterocycles. The van der Waals surface area contributed by atoms with Gasteiger partial charge in [-0.2, -0.15) is 0 Å². The summed E-state index contributed by atoms with van der Waals surface area (Å²) in [6.07, 6.45) is 9.60. The van der Waals surface area contributed by atoms with Gasteiger partial charge in [0.05, 0.1) is 6.10 Å². The second kappa shape index (κ2) is 3.83. The van der Waals surface area contributed by atoms with Gasteiger partial charge in [0.2, 0.25) is 0 Å². The van der Waals surface area contributed by atoms with E-state index >= 15 is 0 Å². The van der Waals surface area contributed by atoms with E-state index in [0.29, 0.717) is 5.92 Å². The summed E-state index contributed by atoms with van der Waals surface area (Å²) in [4.78, 5) is 0. The van der Waals surface area contributed by atoms with Gasteiger partial charge in [0, 0.05) is 0 Å². The third-order valence-electron chi connectivity index (χ3n) is 3.79. The molecule has 74 valence electrons. The van der Waals surface area contributed by atoms with Crippen LogP contribution in [0.15, 0.2) is 11.6 Å². The van der Waals surface area contributed by atoms with Gasteiger partial charge in [-0.1, -0.05) is 25.8 Å². The number of aliphatic hydroxyl groups is 1. The Labute approximate surface area is 80.8 Å². The van der Waals surface area contributed by atoms with Crippen LogP contribution in [0.2, 0.25) is 0 Å². The first-order valence-electron chi connectivity index (χ1n) is 5.66. The fourth-order valence-corrected chi connectivity index (χ4v) is 2.88. The van der Waals surface area contributed by atoms with Crippen molar-refractivity contribution in [2.75, 3.05) is 0 Å². The summed E-state index contributed by atoms with van der Waals surface area (Å²) in [6, 6.07) is 0. The Balaban J connectivity index is 1.99.